The van der Waals surface area contributed by atoms with Gasteiger partial charge in [0.1, 0.15) is 0 Å². The average molecular weight is 455 g/mol. The summed E-state index contributed by atoms with van der Waals surface area (Å²) in [5.74, 6) is 2.48. The molecule has 180 valence electrons. The molecule has 1 amide bonds. The van der Waals surface area contributed by atoms with Gasteiger partial charge in [0, 0.05) is 31.2 Å². The van der Waals surface area contributed by atoms with Gasteiger partial charge in [-0.3, -0.25) is 4.79 Å². The molecule has 4 bridgehead atoms. The molecule has 6 aliphatic rings. The molecule has 2 heterocycles. The Morgan fingerprint density at radius 1 is 1.12 bits per heavy atom. The second-order valence-corrected chi connectivity index (χ2v) is 11.8. The molecule has 1 saturated heterocycles. The van der Waals surface area contributed by atoms with Gasteiger partial charge in [0.2, 0.25) is 5.95 Å². The minimum absolute atomic E-state index is 0.0170. The normalized spacial score (nSPS) is 40.4. The van der Waals surface area contributed by atoms with Crippen LogP contribution in [0.3, 0.4) is 0 Å². The first-order chi connectivity index (χ1) is 15.9. The first-order valence-electron chi connectivity index (χ1n) is 13.2. The molecule has 5 aliphatic carbocycles. The van der Waals surface area contributed by atoms with Crippen molar-refractivity contribution >= 4 is 11.9 Å². The standard InChI is InChI=1S/C26H38N4O3/c1-15-13-30(14-16(2)33-15)25-27-12-21(23(29-25)18-5-3-4-6-18)24(31)28-22-19-7-17-8-20(22)11-26(32,9-17)10-19/h12,15-20,22,32H,3-11,13-14H2,1-2H3,(H,28,31)/t15-,16+,17?,19?,20?,22-,26+. The average Bonchev–Trinajstić information content (AvgIpc) is 3.29. The lowest BCUT2D eigenvalue weighted by Crippen LogP contribution is -2.61. The third-order valence-electron chi connectivity index (χ3n) is 9.03. The molecule has 6 fully saturated rings. The molecule has 1 aliphatic heterocycles. The summed E-state index contributed by atoms with van der Waals surface area (Å²) in [6.07, 6.45) is 11.6. The van der Waals surface area contributed by atoms with E-state index in [0.29, 0.717) is 29.2 Å². The fraction of sp³-hybridized carbons (Fsp3) is 0.808. The Balaban J connectivity index is 1.25. The van der Waals surface area contributed by atoms with Gasteiger partial charge in [-0.05, 0) is 76.5 Å². The van der Waals surface area contributed by atoms with Gasteiger partial charge in [-0.2, -0.15) is 0 Å². The van der Waals surface area contributed by atoms with Gasteiger partial charge < -0.3 is 20.1 Å². The zero-order chi connectivity index (χ0) is 22.7. The predicted molar refractivity (Wildman–Crippen MR) is 125 cm³/mol. The zero-order valence-corrected chi connectivity index (χ0v) is 20.0. The van der Waals surface area contributed by atoms with Crippen LogP contribution in [0.25, 0.3) is 0 Å². The van der Waals surface area contributed by atoms with Crippen LogP contribution in [0.4, 0.5) is 5.95 Å². The van der Waals surface area contributed by atoms with E-state index in [9.17, 15) is 9.90 Å². The first-order valence-corrected chi connectivity index (χ1v) is 13.2. The van der Waals surface area contributed by atoms with Crippen molar-refractivity contribution in [3.8, 4) is 0 Å². The third kappa shape index (κ3) is 4.05. The number of nitrogens with one attached hydrogen (secondary N) is 1. The highest BCUT2D eigenvalue weighted by molar-refractivity contribution is 5.95. The maximum Gasteiger partial charge on any atom is 0.254 e. The van der Waals surface area contributed by atoms with E-state index in [2.05, 4.69) is 29.0 Å². The van der Waals surface area contributed by atoms with Crippen molar-refractivity contribution in [3.05, 3.63) is 17.5 Å². The Kier molecular flexibility index (Phi) is 5.41. The van der Waals surface area contributed by atoms with Gasteiger partial charge in [-0.15, -0.1) is 0 Å². The number of rotatable bonds is 4. The van der Waals surface area contributed by atoms with Crippen LogP contribution in [0.15, 0.2) is 6.20 Å². The van der Waals surface area contributed by atoms with Crippen molar-refractivity contribution in [1.82, 2.24) is 15.3 Å². The molecular formula is C26H38N4O3. The van der Waals surface area contributed by atoms with E-state index in [1.165, 1.54) is 12.8 Å². The number of morpholine rings is 1. The number of hydrogen-bond donors (Lipinski definition) is 2. The number of aromatic nitrogens is 2. The molecule has 0 spiro atoms. The van der Waals surface area contributed by atoms with Gasteiger partial charge in [0.25, 0.3) is 5.91 Å². The quantitative estimate of drug-likeness (QED) is 0.725. The minimum Gasteiger partial charge on any atom is -0.390 e. The van der Waals surface area contributed by atoms with E-state index >= 15 is 0 Å². The van der Waals surface area contributed by atoms with E-state index in [1.807, 2.05) is 0 Å². The Bertz CT molecular complexity index is 891. The second kappa shape index (κ2) is 8.19. The van der Waals surface area contributed by atoms with Gasteiger partial charge >= 0.3 is 0 Å². The van der Waals surface area contributed by atoms with Crippen molar-refractivity contribution < 1.29 is 14.6 Å². The van der Waals surface area contributed by atoms with E-state index in [0.717, 1.165) is 69.7 Å². The topological polar surface area (TPSA) is 87.6 Å². The number of ether oxygens (including phenoxy) is 1. The Hall–Kier alpha value is -1.73. The number of anilines is 1. The summed E-state index contributed by atoms with van der Waals surface area (Å²) < 4.78 is 5.89. The van der Waals surface area contributed by atoms with E-state index in [1.54, 1.807) is 6.20 Å². The molecule has 33 heavy (non-hydrogen) atoms. The van der Waals surface area contributed by atoms with Crippen molar-refractivity contribution in [2.75, 3.05) is 18.0 Å². The second-order valence-electron chi connectivity index (χ2n) is 11.8. The molecule has 7 rings (SSSR count). The molecule has 7 nitrogen and oxygen atoms in total. The first kappa shape index (κ1) is 21.8. The highest BCUT2D eigenvalue weighted by atomic mass is 16.5. The molecule has 4 atom stereocenters. The van der Waals surface area contributed by atoms with Gasteiger partial charge in [-0.25, -0.2) is 9.97 Å². The van der Waals surface area contributed by atoms with Crippen molar-refractivity contribution in [1.29, 1.82) is 0 Å². The van der Waals surface area contributed by atoms with Crippen LogP contribution < -0.4 is 10.2 Å². The molecule has 1 aromatic rings. The number of hydrogen-bond acceptors (Lipinski definition) is 6. The van der Waals surface area contributed by atoms with Crippen LogP contribution in [0.5, 0.6) is 0 Å². The summed E-state index contributed by atoms with van der Waals surface area (Å²) in [4.78, 5) is 25.5. The lowest BCUT2D eigenvalue weighted by molar-refractivity contribution is -0.136. The SMILES string of the molecule is C[C@@H]1CN(c2ncc(C(=O)N[C@H]3C4CC5CC3C[C@@](O)(C5)C4)c(C3CCCC3)n2)C[C@H](C)O1. The van der Waals surface area contributed by atoms with Crippen LogP contribution in [0, 0.1) is 17.8 Å². The predicted octanol–water partition coefficient (Wildman–Crippen LogP) is 3.42. The Morgan fingerprint density at radius 3 is 2.42 bits per heavy atom. The van der Waals surface area contributed by atoms with E-state index in [4.69, 9.17) is 9.72 Å². The van der Waals surface area contributed by atoms with E-state index in [-0.39, 0.29) is 24.2 Å². The number of aliphatic hydroxyl groups is 1. The molecule has 0 aromatic carbocycles. The monoisotopic (exact) mass is 454 g/mol. The largest absolute Gasteiger partial charge is 0.390 e. The smallest absolute Gasteiger partial charge is 0.254 e. The fourth-order valence-electron chi connectivity index (χ4n) is 8.01. The van der Waals surface area contributed by atoms with Crippen molar-refractivity contribution in [3.63, 3.8) is 0 Å². The van der Waals surface area contributed by atoms with Gasteiger partial charge in [-0.1, -0.05) is 12.8 Å². The van der Waals surface area contributed by atoms with Crippen molar-refractivity contribution in [2.24, 2.45) is 17.8 Å². The maximum absolute atomic E-state index is 13.6. The summed E-state index contributed by atoms with van der Waals surface area (Å²) in [6, 6.07) is 0.173. The highest BCUT2D eigenvalue weighted by Gasteiger charge is 2.55. The van der Waals surface area contributed by atoms with Crippen LogP contribution in [0.2, 0.25) is 0 Å². The van der Waals surface area contributed by atoms with E-state index < -0.39 is 5.60 Å². The van der Waals surface area contributed by atoms with Crippen LogP contribution in [0.1, 0.15) is 93.6 Å². The zero-order valence-electron chi connectivity index (χ0n) is 20.0. The number of carbonyl (C=O) groups excluding carboxylic acids is 1. The molecule has 5 saturated carbocycles. The molecule has 1 aromatic heterocycles. The minimum atomic E-state index is -0.482. The van der Waals surface area contributed by atoms with Gasteiger partial charge in [0.15, 0.2) is 0 Å². The molecule has 0 radical (unpaired) electrons. The van der Waals surface area contributed by atoms with Gasteiger partial charge in [0.05, 0.1) is 29.1 Å². The fourth-order valence-corrected chi connectivity index (χ4v) is 8.01. The number of amides is 1. The molecule has 2 unspecified atom stereocenters. The summed E-state index contributed by atoms with van der Waals surface area (Å²) in [5.41, 5.74) is 1.11. The highest BCUT2D eigenvalue weighted by Crippen LogP contribution is 2.55. The van der Waals surface area contributed by atoms with Crippen LogP contribution in [-0.2, 0) is 4.74 Å². The summed E-state index contributed by atoms with van der Waals surface area (Å²) in [6.45, 7) is 5.72. The Labute approximate surface area is 196 Å². The maximum atomic E-state index is 13.6. The molecular weight excluding hydrogens is 416 g/mol. The lowest BCUT2D eigenvalue weighted by Gasteiger charge is -2.58. The molecule has 2 N–H and O–H groups in total. The van der Waals surface area contributed by atoms with Crippen molar-refractivity contribution in [2.45, 2.75) is 101 Å². The lowest BCUT2D eigenvalue weighted by atomic mass is 9.52. The third-order valence-corrected chi connectivity index (χ3v) is 9.03. The Morgan fingerprint density at radius 2 is 1.79 bits per heavy atom. The summed E-state index contributed by atoms with van der Waals surface area (Å²) in [7, 11) is 0. The molecule has 7 heteroatoms. The number of carbonyl (C=O) groups is 1. The van der Waals surface area contributed by atoms with Crippen LogP contribution >= 0.6 is 0 Å². The number of nitrogens with zero attached hydrogens (tertiary/aromatic N) is 3. The summed E-state index contributed by atoms with van der Waals surface area (Å²) in [5, 5.41) is 14.3. The summed E-state index contributed by atoms with van der Waals surface area (Å²) >= 11 is 0. The van der Waals surface area contributed by atoms with Crippen LogP contribution in [-0.4, -0.2) is 57.9 Å².